The van der Waals surface area contributed by atoms with Crippen LogP contribution in [0.4, 0.5) is 0 Å². The minimum absolute atomic E-state index is 0.0857. The van der Waals surface area contributed by atoms with Gasteiger partial charge in [0.15, 0.2) is 6.61 Å². The molecular formula is C23H23N3O4. The monoisotopic (exact) mass is 405 g/mol. The molecule has 4 rings (SSSR count). The molecule has 7 heteroatoms. The van der Waals surface area contributed by atoms with Crippen LogP contribution in [0.2, 0.25) is 0 Å². The molecule has 1 aliphatic rings. The summed E-state index contributed by atoms with van der Waals surface area (Å²) in [6, 6.07) is 6.48. The first-order chi connectivity index (χ1) is 14.4. The van der Waals surface area contributed by atoms with Crippen molar-refractivity contribution in [2.24, 2.45) is 0 Å². The van der Waals surface area contributed by atoms with E-state index >= 15 is 0 Å². The van der Waals surface area contributed by atoms with Crippen LogP contribution in [-0.4, -0.2) is 32.5 Å². The summed E-state index contributed by atoms with van der Waals surface area (Å²) in [4.78, 5) is 42.1. The Morgan fingerprint density at radius 2 is 2.07 bits per heavy atom. The molecule has 30 heavy (non-hydrogen) atoms. The number of hydrogen-bond acceptors (Lipinski definition) is 5. The number of ether oxygens (including phenoxy) is 1. The van der Waals surface area contributed by atoms with Crippen LogP contribution >= 0.6 is 0 Å². The number of nitrogens with zero attached hydrogens (tertiary/aromatic N) is 3. The van der Waals surface area contributed by atoms with Crippen LogP contribution in [0, 0.1) is 13.8 Å². The molecule has 0 N–H and O–H groups in total. The zero-order valence-corrected chi connectivity index (χ0v) is 17.1. The fourth-order valence-corrected chi connectivity index (χ4v) is 4.00. The third-order valence-corrected chi connectivity index (χ3v) is 5.57. The van der Waals surface area contributed by atoms with Crippen molar-refractivity contribution in [3.8, 4) is 0 Å². The number of aryl methyl sites for hydroxylation is 2. The van der Waals surface area contributed by atoms with E-state index in [-0.39, 0.29) is 23.5 Å². The summed E-state index contributed by atoms with van der Waals surface area (Å²) in [5.41, 5.74) is 2.95. The molecule has 0 amide bonds. The van der Waals surface area contributed by atoms with Gasteiger partial charge in [-0.25, -0.2) is 9.78 Å². The van der Waals surface area contributed by atoms with Gasteiger partial charge in [-0.05, 0) is 44.5 Å². The molecule has 0 atom stereocenters. The molecule has 0 spiro atoms. The molecule has 2 aromatic heterocycles. The van der Waals surface area contributed by atoms with Gasteiger partial charge in [-0.15, -0.1) is 6.58 Å². The van der Waals surface area contributed by atoms with Crippen molar-refractivity contribution in [3.05, 3.63) is 75.6 Å². The van der Waals surface area contributed by atoms with Gasteiger partial charge in [0.05, 0.1) is 16.5 Å². The molecule has 0 radical (unpaired) electrons. The number of allylic oxidation sites excluding steroid dienone is 1. The van der Waals surface area contributed by atoms with Crippen LogP contribution in [0.25, 0.3) is 10.9 Å². The van der Waals surface area contributed by atoms with E-state index in [2.05, 4.69) is 11.6 Å². The standard InChI is InChI=1S/C23H23N3O4/c1-4-9-25-14(2)11-18(15(25)3)20(27)13-30-23(29)16-7-8-17-19(12-16)24-21-6-5-10-26(21)22(17)28/h4,7-8,11-12H,1,5-6,9-10,13H2,2-3H3. The van der Waals surface area contributed by atoms with Crippen LogP contribution in [0.5, 0.6) is 0 Å². The van der Waals surface area contributed by atoms with Gasteiger partial charge < -0.3 is 9.30 Å². The minimum Gasteiger partial charge on any atom is -0.454 e. The highest BCUT2D eigenvalue weighted by molar-refractivity contribution is 6.01. The highest BCUT2D eigenvalue weighted by Gasteiger charge is 2.19. The molecule has 0 saturated heterocycles. The van der Waals surface area contributed by atoms with Crippen molar-refractivity contribution in [2.75, 3.05) is 6.61 Å². The van der Waals surface area contributed by atoms with Gasteiger partial charge in [-0.3, -0.25) is 14.2 Å². The Labute approximate surface area is 173 Å². The second kappa shape index (κ2) is 7.74. The normalized spacial score (nSPS) is 12.7. The predicted octanol–water partition coefficient (Wildman–Crippen LogP) is 2.99. The van der Waals surface area contributed by atoms with Crippen molar-refractivity contribution < 1.29 is 14.3 Å². The summed E-state index contributed by atoms with van der Waals surface area (Å²) in [7, 11) is 0. The number of aromatic nitrogens is 3. The fraction of sp³-hybridized carbons (Fsp3) is 0.304. The van der Waals surface area contributed by atoms with E-state index in [1.54, 1.807) is 28.8 Å². The molecule has 0 fully saturated rings. The molecule has 0 unspecified atom stereocenters. The van der Waals surface area contributed by atoms with Crippen molar-refractivity contribution in [3.63, 3.8) is 0 Å². The Morgan fingerprint density at radius 3 is 2.83 bits per heavy atom. The van der Waals surface area contributed by atoms with E-state index in [9.17, 15) is 14.4 Å². The summed E-state index contributed by atoms with van der Waals surface area (Å²) in [6.45, 7) is 8.44. The van der Waals surface area contributed by atoms with E-state index < -0.39 is 5.97 Å². The maximum absolute atomic E-state index is 12.6. The Kier molecular flexibility index (Phi) is 5.11. The number of Topliss-reactive ketones (excluding diaryl/α,β-unsaturated/α-hetero) is 1. The molecule has 3 aromatic rings. The highest BCUT2D eigenvalue weighted by Crippen LogP contribution is 2.18. The van der Waals surface area contributed by atoms with E-state index in [1.807, 2.05) is 18.4 Å². The smallest absolute Gasteiger partial charge is 0.338 e. The third-order valence-electron chi connectivity index (χ3n) is 5.57. The van der Waals surface area contributed by atoms with Crippen LogP contribution in [0.1, 0.15) is 44.3 Å². The number of hydrogen-bond donors (Lipinski definition) is 0. The lowest BCUT2D eigenvalue weighted by atomic mass is 10.1. The summed E-state index contributed by atoms with van der Waals surface area (Å²) < 4.78 is 8.91. The van der Waals surface area contributed by atoms with Crippen molar-refractivity contribution in [1.29, 1.82) is 0 Å². The van der Waals surface area contributed by atoms with Crippen LogP contribution in [-0.2, 0) is 24.2 Å². The topological polar surface area (TPSA) is 83.2 Å². The predicted molar refractivity (Wildman–Crippen MR) is 113 cm³/mol. The number of carbonyl (C=O) groups is 2. The Bertz CT molecular complexity index is 1250. The van der Waals surface area contributed by atoms with Crippen LogP contribution in [0.15, 0.2) is 41.7 Å². The van der Waals surface area contributed by atoms with Crippen molar-refractivity contribution in [2.45, 2.75) is 39.8 Å². The lowest BCUT2D eigenvalue weighted by Crippen LogP contribution is -2.21. The van der Waals surface area contributed by atoms with Gasteiger partial charge in [-0.2, -0.15) is 0 Å². The summed E-state index contributed by atoms with van der Waals surface area (Å²) in [5.74, 6) is -0.141. The van der Waals surface area contributed by atoms with Gasteiger partial charge in [-0.1, -0.05) is 6.08 Å². The largest absolute Gasteiger partial charge is 0.454 e. The number of esters is 1. The summed E-state index contributed by atoms with van der Waals surface area (Å²) >= 11 is 0. The molecule has 0 saturated carbocycles. The number of rotatable bonds is 6. The van der Waals surface area contributed by atoms with Gasteiger partial charge in [0.1, 0.15) is 5.82 Å². The Hall–Kier alpha value is -3.48. The van der Waals surface area contributed by atoms with Gasteiger partial charge >= 0.3 is 5.97 Å². The second-order valence-electron chi connectivity index (χ2n) is 7.50. The Balaban J connectivity index is 1.52. The molecule has 1 aliphatic heterocycles. The minimum atomic E-state index is -0.618. The van der Waals surface area contributed by atoms with Crippen molar-refractivity contribution in [1.82, 2.24) is 14.1 Å². The first-order valence-electron chi connectivity index (χ1n) is 9.92. The average molecular weight is 405 g/mol. The average Bonchev–Trinajstić information content (AvgIpc) is 3.31. The van der Waals surface area contributed by atoms with Crippen LogP contribution < -0.4 is 5.56 Å². The lowest BCUT2D eigenvalue weighted by Gasteiger charge is -2.08. The van der Waals surface area contributed by atoms with E-state index in [0.29, 0.717) is 29.6 Å². The van der Waals surface area contributed by atoms with Gasteiger partial charge in [0, 0.05) is 36.5 Å². The molecule has 3 heterocycles. The first kappa shape index (κ1) is 19.8. The SMILES string of the molecule is C=CCn1c(C)cc(C(=O)COC(=O)c2ccc3c(=O)n4c(nc3c2)CCC4)c1C. The molecule has 1 aromatic carbocycles. The quantitative estimate of drug-likeness (QED) is 0.358. The number of carbonyl (C=O) groups excluding carboxylic acids is 2. The molecule has 0 bridgehead atoms. The van der Waals surface area contributed by atoms with E-state index in [1.165, 1.54) is 6.07 Å². The second-order valence-corrected chi connectivity index (χ2v) is 7.50. The summed E-state index contributed by atoms with van der Waals surface area (Å²) in [6.07, 6.45) is 3.41. The Morgan fingerprint density at radius 1 is 1.27 bits per heavy atom. The molecule has 154 valence electrons. The van der Waals surface area contributed by atoms with E-state index in [0.717, 1.165) is 30.1 Å². The number of ketones is 1. The zero-order chi connectivity index (χ0) is 21.4. The number of benzene rings is 1. The third kappa shape index (κ3) is 3.36. The maximum atomic E-state index is 12.6. The summed E-state index contributed by atoms with van der Waals surface area (Å²) in [5, 5.41) is 0.475. The first-order valence-corrected chi connectivity index (χ1v) is 9.92. The van der Waals surface area contributed by atoms with Crippen molar-refractivity contribution >= 4 is 22.7 Å². The highest BCUT2D eigenvalue weighted by atomic mass is 16.5. The van der Waals surface area contributed by atoms with E-state index in [4.69, 9.17) is 4.74 Å². The molecule has 7 nitrogen and oxygen atoms in total. The van der Waals surface area contributed by atoms with Gasteiger partial charge in [0.2, 0.25) is 5.78 Å². The number of fused-ring (bicyclic) bond motifs is 2. The van der Waals surface area contributed by atoms with Gasteiger partial charge in [0.25, 0.3) is 5.56 Å². The maximum Gasteiger partial charge on any atom is 0.338 e. The molecule has 0 aliphatic carbocycles. The van der Waals surface area contributed by atoms with Crippen LogP contribution in [0.3, 0.4) is 0 Å². The molecular weight excluding hydrogens is 382 g/mol. The fourth-order valence-electron chi connectivity index (χ4n) is 4.00. The lowest BCUT2D eigenvalue weighted by molar-refractivity contribution is 0.0474. The zero-order valence-electron chi connectivity index (χ0n) is 17.1.